The van der Waals surface area contributed by atoms with E-state index in [1.54, 1.807) is 0 Å². The number of aliphatic hydroxyl groups is 1. The molecule has 1 heterocycles. The first kappa shape index (κ1) is 11.5. The van der Waals surface area contributed by atoms with E-state index in [2.05, 4.69) is 5.32 Å². The number of nitrogens with one attached hydrogen (secondary N) is 1. The first-order valence-electron chi connectivity index (χ1n) is 5.11. The number of carbonyl (C=O) groups excluding carboxylic acids is 1. The maximum absolute atomic E-state index is 11.4. The fourth-order valence-electron chi connectivity index (χ4n) is 1.41. The minimum absolute atomic E-state index is 0.149. The van der Waals surface area contributed by atoms with Crippen LogP contribution in [0.3, 0.4) is 0 Å². The van der Waals surface area contributed by atoms with E-state index in [0.29, 0.717) is 6.61 Å². The quantitative estimate of drug-likeness (QED) is 0.681. The Balaban J connectivity index is 2.38. The zero-order chi connectivity index (χ0) is 10.6. The summed E-state index contributed by atoms with van der Waals surface area (Å²) < 4.78 is 5.28. The number of ether oxygens (including phenoxy) is 1. The van der Waals surface area contributed by atoms with Gasteiger partial charge in [-0.15, -0.1) is 0 Å². The van der Waals surface area contributed by atoms with Crippen molar-refractivity contribution in [2.45, 2.75) is 44.8 Å². The molecule has 82 valence electrons. The van der Waals surface area contributed by atoms with Crippen molar-refractivity contribution < 1.29 is 14.6 Å². The van der Waals surface area contributed by atoms with Gasteiger partial charge in [-0.1, -0.05) is 0 Å². The van der Waals surface area contributed by atoms with Crippen molar-refractivity contribution in [3.63, 3.8) is 0 Å². The Labute approximate surface area is 84.6 Å². The average molecular weight is 201 g/mol. The van der Waals surface area contributed by atoms with Crippen LogP contribution in [0, 0.1) is 0 Å². The van der Waals surface area contributed by atoms with Crippen LogP contribution in [-0.4, -0.2) is 35.9 Å². The Morgan fingerprint density at radius 2 is 2.14 bits per heavy atom. The predicted molar refractivity (Wildman–Crippen MR) is 52.9 cm³/mol. The van der Waals surface area contributed by atoms with Crippen LogP contribution in [0.4, 0.5) is 0 Å². The summed E-state index contributed by atoms with van der Waals surface area (Å²) in [6.07, 6.45) is 2.74. The van der Waals surface area contributed by atoms with Gasteiger partial charge in [0.25, 0.3) is 5.91 Å². The van der Waals surface area contributed by atoms with E-state index >= 15 is 0 Å². The molecule has 1 rings (SSSR count). The third-order valence-corrected chi connectivity index (χ3v) is 2.34. The van der Waals surface area contributed by atoms with E-state index in [9.17, 15) is 9.90 Å². The Morgan fingerprint density at radius 1 is 1.43 bits per heavy atom. The molecule has 1 unspecified atom stereocenters. The molecule has 4 nitrogen and oxygen atoms in total. The summed E-state index contributed by atoms with van der Waals surface area (Å²) in [5.74, 6) is -0.301. The highest BCUT2D eigenvalue weighted by atomic mass is 16.5. The van der Waals surface area contributed by atoms with Crippen LogP contribution in [0.1, 0.15) is 33.1 Å². The summed E-state index contributed by atoms with van der Waals surface area (Å²) >= 11 is 0. The van der Waals surface area contributed by atoms with E-state index in [4.69, 9.17) is 4.74 Å². The van der Waals surface area contributed by atoms with Crippen molar-refractivity contribution in [1.82, 2.24) is 5.32 Å². The van der Waals surface area contributed by atoms with Crippen molar-refractivity contribution in [2.75, 3.05) is 13.2 Å². The van der Waals surface area contributed by atoms with Crippen LogP contribution in [-0.2, 0) is 9.53 Å². The van der Waals surface area contributed by atoms with E-state index in [1.165, 1.54) is 13.8 Å². The van der Waals surface area contributed by atoms with Gasteiger partial charge >= 0.3 is 0 Å². The van der Waals surface area contributed by atoms with Crippen LogP contribution in [0.2, 0.25) is 0 Å². The van der Waals surface area contributed by atoms with Gasteiger partial charge in [-0.2, -0.15) is 0 Å². The van der Waals surface area contributed by atoms with Gasteiger partial charge in [-0.05, 0) is 33.1 Å². The molecule has 1 aliphatic heterocycles. The molecule has 1 atom stereocenters. The lowest BCUT2D eigenvalue weighted by atomic mass is 10.1. The highest BCUT2D eigenvalue weighted by molar-refractivity contribution is 5.84. The third-order valence-electron chi connectivity index (χ3n) is 2.34. The lowest BCUT2D eigenvalue weighted by molar-refractivity contribution is -0.137. The summed E-state index contributed by atoms with van der Waals surface area (Å²) in [5.41, 5.74) is -1.28. The lowest BCUT2D eigenvalue weighted by Gasteiger charge is -2.22. The molecule has 4 heteroatoms. The summed E-state index contributed by atoms with van der Waals surface area (Å²) in [6.45, 7) is 4.46. The monoisotopic (exact) mass is 201 g/mol. The summed E-state index contributed by atoms with van der Waals surface area (Å²) in [4.78, 5) is 11.4. The molecule has 0 aliphatic carbocycles. The standard InChI is InChI=1S/C10H19NO3/c1-10(2,13)9(12)11-8-4-3-6-14-7-5-8/h8,13H,3-7H2,1-2H3,(H,11,12). The first-order valence-corrected chi connectivity index (χ1v) is 5.11. The van der Waals surface area contributed by atoms with Gasteiger partial charge in [-0.25, -0.2) is 0 Å². The Bertz CT molecular complexity index is 190. The molecule has 1 saturated heterocycles. The van der Waals surface area contributed by atoms with Gasteiger partial charge in [0, 0.05) is 19.3 Å². The highest BCUT2D eigenvalue weighted by Gasteiger charge is 2.26. The SMILES string of the molecule is CC(C)(O)C(=O)NC1CCCOCC1. The largest absolute Gasteiger partial charge is 0.381 e. The Hall–Kier alpha value is -0.610. The van der Waals surface area contributed by atoms with Crippen molar-refractivity contribution in [2.24, 2.45) is 0 Å². The predicted octanol–water partition coefficient (Wildman–Crippen LogP) is 0.443. The molecule has 0 saturated carbocycles. The van der Waals surface area contributed by atoms with Crippen molar-refractivity contribution in [3.8, 4) is 0 Å². The second-order valence-corrected chi connectivity index (χ2v) is 4.27. The van der Waals surface area contributed by atoms with Gasteiger partial charge in [-0.3, -0.25) is 4.79 Å². The second-order valence-electron chi connectivity index (χ2n) is 4.27. The number of rotatable bonds is 2. The molecule has 0 aromatic carbocycles. The van der Waals surface area contributed by atoms with Crippen LogP contribution in [0.5, 0.6) is 0 Å². The van der Waals surface area contributed by atoms with E-state index in [0.717, 1.165) is 25.9 Å². The molecule has 2 N–H and O–H groups in total. The molecule has 0 aromatic heterocycles. The maximum atomic E-state index is 11.4. The summed E-state index contributed by atoms with van der Waals surface area (Å²) in [6, 6.07) is 0.149. The minimum Gasteiger partial charge on any atom is -0.381 e. The zero-order valence-electron chi connectivity index (χ0n) is 8.88. The normalized spacial score (nSPS) is 24.1. The van der Waals surface area contributed by atoms with E-state index < -0.39 is 5.60 Å². The fraction of sp³-hybridized carbons (Fsp3) is 0.900. The van der Waals surface area contributed by atoms with Crippen LogP contribution >= 0.6 is 0 Å². The Morgan fingerprint density at radius 3 is 2.79 bits per heavy atom. The molecular formula is C10H19NO3. The van der Waals surface area contributed by atoms with Gasteiger partial charge in [0.05, 0.1) is 0 Å². The lowest BCUT2D eigenvalue weighted by Crippen LogP contribution is -2.46. The molecule has 1 amide bonds. The number of carbonyl (C=O) groups is 1. The summed E-state index contributed by atoms with van der Waals surface area (Å²) in [5, 5.41) is 12.3. The van der Waals surface area contributed by atoms with E-state index in [-0.39, 0.29) is 11.9 Å². The van der Waals surface area contributed by atoms with Crippen LogP contribution in [0.15, 0.2) is 0 Å². The molecular weight excluding hydrogens is 182 g/mol. The fourth-order valence-corrected chi connectivity index (χ4v) is 1.41. The maximum Gasteiger partial charge on any atom is 0.251 e. The second kappa shape index (κ2) is 4.75. The average Bonchev–Trinajstić information content (AvgIpc) is 2.31. The first-order chi connectivity index (χ1) is 6.50. The number of hydrogen-bond acceptors (Lipinski definition) is 3. The number of hydrogen-bond donors (Lipinski definition) is 2. The molecule has 0 spiro atoms. The third kappa shape index (κ3) is 3.64. The zero-order valence-corrected chi connectivity index (χ0v) is 8.88. The minimum atomic E-state index is -1.28. The van der Waals surface area contributed by atoms with E-state index in [1.807, 2.05) is 0 Å². The van der Waals surface area contributed by atoms with Crippen LogP contribution in [0.25, 0.3) is 0 Å². The van der Waals surface area contributed by atoms with Crippen molar-refractivity contribution in [1.29, 1.82) is 0 Å². The smallest absolute Gasteiger partial charge is 0.251 e. The molecule has 14 heavy (non-hydrogen) atoms. The Kier molecular flexibility index (Phi) is 3.89. The molecule has 0 bridgehead atoms. The van der Waals surface area contributed by atoms with Gasteiger partial charge < -0.3 is 15.2 Å². The van der Waals surface area contributed by atoms with Crippen molar-refractivity contribution >= 4 is 5.91 Å². The molecule has 1 aliphatic rings. The highest BCUT2D eigenvalue weighted by Crippen LogP contribution is 2.10. The summed E-state index contributed by atoms with van der Waals surface area (Å²) in [7, 11) is 0. The topological polar surface area (TPSA) is 58.6 Å². The molecule has 0 aromatic rings. The van der Waals surface area contributed by atoms with Gasteiger partial charge in [0.1, 0.15) is 5.60 Å². The number of amides is 1. The van der Waals surface area contributed by atoms with Gasteiger partial charge in [0.15, 0.2) is 0 Å². The molecule has 0 radical (unpaired) electrons. The van der Waals surface area contributed by atoms with Crippen LogP contribution < -0.4 is 5.32 Å². The van der Waals surface area contributed by atoms with Gasteiger partial charge in [0.2, 0.25) is 0 Å². The molecule has 1 fully saturated rings. The van der Waals surface area contributed by atoms with Crippen molar-refractivity contribution in [3.05, 3.63) is 0 Å².